The minimum atomic E-state index is -0.541. The number of halogens is 1. The molecular weight excluding hydrogens is 214 g/mol. The van der Waals surface area contributed by atoms with Crippen LogP contribution in [0, 0.1) is 0 Å². The summed E-state index contributed by atoms with van der Waals surface area (Å²) in [6, 6.07) is 5.80. The Labute approximate surface area is 92.3 Å². The first-order valence-corrected chi connectivity index (χ1v) is 5.24. The number of aliphatic hydroxyl groups is 1. The van der Waals surface area contributed by atoms with Crippen molar-refractivity contribution in [2.24, 2.45) is 0 Å². The Morgan fingerprint density at radius 2 is 2.40 bits per heavy atom. The molecule has 0 saturated heterocycles. The lowest BCUT2D eigenvalue weighted by Crippen LogP contribution is -2.20. The molecule has 0 aliphatic rings. The van der Waals surface area contributed by atoms with Crippen LogP contribution in [0.15, 0.2) is 24.5 Å². The molecule has 0 fully saturated rings. The van der Waals surface area contributed by atoms with Gasteiger partial charge in [0.25, 0.3) is 0 Å². The highest BCUT2D eigenvalue weighted by Crippen LogP contribution is 2.19. The number of nitrogens with zero attached hydrogens (tertiary/aromatic N) is 1. The van der Waals surface area contributed by atoms with Gasteiger partial charge in [-0.3, -0.25) is 0 Å². The number of imidazole rings is 1. The maximum absolute atomic E-state index is 9.32. The molecule has 0 radical (unpaired) electrons. The van der Waals surface area contributed by atoms with E-state index in [0.29, 0.717) is 6.54 Å². The van der Waals surface area contributed by atoms with Crippen LogP contribution in [0.5, 0.6) is 0 Å². The predicted molar refractivity (Wildman–Crippen MR) is 61.3 cm³/mol. The van der Waals surface area contributed by atoms with Gasteiger partial charge in [0.15, 0.2) is 0 Å². The van der Waals surface area contributed by atoms with E-state index < -0.39 is 6.10 Å². The summed E-state index contributed by atoms with van der Waals surface area (Å²) < 4.78 is 0. The molecule has 0 amide bonds. The molecule has 0 bridgehead atoms. The van der Waals surface area contributed by atoms with E-state index in [1.165, 1.54) is 0 Å². The second-order valence-corrected chi connectivity index (χ2v) is 3.60. The van der Waals surface area contributed by atoms with E-state index in [1.54, 1.807) is 6.33 Å². The third-order valence-electron chi connectivity index (χ3n) is 2.16. The van der Waals surface area contributed by atoms with Crippen LogP contribution in [0.3, 0.4) is 0 Å². The maximum atomic E-state index is 9.32. The molecule has 1 atom stereocenters. The lowest BCUT2D eigenvalue weighted by atomic mass is 10.2. The molecule has 15 heavy (non-hydrogen) atoms. The zero-order chi connectivity index (χ0) is 10.7. The van der Waals surface area contributed by atoms with Crippen LogP contribution >= 0.6 is 11.6 Å². The van der Waals surface area contributed by atoms with E-state index in [4.69, 9.17) is 11.6 Å². The molecule has 0 saturated carbocycles. The molecule has 2 rings (SSSR count). The molecule has 80 valence electrons. The van der Waals surface area contributed by atoms with Gasteiger partial charge in [0.2, 0.25) is 0 Å². The number of aromatic amines is 1. The van der Waals surface area contributed by atoms with Gasteiger partial charge in [-0.2, -0.15) is 0 Å². The van der Waals surface area contributed by atoms with E-state index in [9.17, 15) is 5.11 Å². The van der Waals surface area contributed by atoms with E-state index in [2.05, 4.69) is 15.3 Å². The summed E-state index contributed by atoms with van der Waals surface area (Å²) in [7, 11) is 0. The van der Waals surface area contributed by atoms with Crippen molar-refractivity contribution in [3.05, 3.63) is 24.5 Å². The highest BCUT2D eigenvalue weighted by Gasteiger charge is 2.05. The first kappa shape index (κ1) is 10.3. The molecule has 1 heterocycles. The van der Waals surface area contributed by atoms with Crippen LogP contribution in [0.25, 0.3) is 11.0 Å². The molecule has 1 aromatic carbocycles. The van der Waals surface area contributed by atoms with Crippen LogP contribution in [0.1, 0.15) is 0 Å². The van der Waals surface area contributed by atoms with Gasteiger partial charge in [-0.05, 0) is 12.1 Å². The number of benzene rings is 1. The van der Waals surface area contributed by atoms with Crippen molar-refractivity contribution >= 4 is 28.3 Å². The molecule has 3 N–H and O–H groups in total. The number of anilines is 1. The quantitative estimate of drug-likeness (QED) is 0.693. The molecule has 2 aromatic rings. The van der Waals surface area contributed by atoms with Gasteiger partial charge in [0.1, 0.15) is 5.52 Å². The van der Waals surface area contributed by atoms with Crippen molar-refractivity contribution in [1.82, 2.24) is 9.97 Å². The molecule has 0 spiro atoms. The Balaban J connectivity index is 2.17. The van der Waals surface area contributed by atoms with Crippen LogP contribution in [0.2, 0.25) is 0 Å². The summed E-state index contributed by atoms with van der Waals surface area (Å²) in [4.78, 5) is 7.21. The summed E-state index contributed by atoms with van der Waals surface area (Å²) in [5.41, 5.74) is 2.75. The molecule has 5 heteroatoms. The van der Waals surface area contributed by atoms with Gasteiger partial charge in [0.05, 0.1) is 29.5 Å². The topological polar surface area (TPSA) is 60.9 Å². The summed E-state index contributed by atoms with van der Waals surface area (Å²) in [6.07, 6.45) is 1.11. The zero-order valence-corrected chi connectivity index (χ0v) is 8.83. The molecule has 0 aliphatic heterocycles. The van der Waals surface area contributed by atoms with Gasteiger partial charge in [-0.25, -0.2) is 4.98 Å². The molecule has 4 nitrogen and oxygen atoms in total. The minimum absolute atomic E-state index is 0.226. The maximum Gasteiger partial charge on any atom is 0.111 e. The fourth-order valence-corrected chi connectivity index (χ4v) is 1.50. The lowest BCUT2D eigenvalue weighted by Gasteiger charge is -2.10. The minimum Gasteiger partial charge on any atom is -0.390 e. The number of H-pyrrole nitrogens is 1. The number of aromatic nitrogens is 2. The van der Waals surface area contributed by atoms with E-state index >= 15 is 0 Å². The van der Waals surface area contributed by atoms with Gasteiger partial charge < -0.3 is 15.4 Å². The third-order valence-corrected chi connectivity index (χ3v) is 2.51. The molecule has 0 aliphatic carbocycles. The number of rotatable bonds is 4. The predicted octanol–water partition coefficient (Wildman–Crippen LogP) is 1.57. The van der Waals surface area contributed by atoms with E-state index in [0.717, 1.165) is 16.7 Å². The zero-order valence-electron chi connectivity index (χ0n) is 8.07. The van der Waals surface area contributed by atoms with Gasteiger partial charge in [-0.15, -0.1) is 11.6 Å². The van der Waals surface area contributed by atoms with Crippen molar-refractivity contribution in [3.63, 3.8) is 0 Å². The smallest absolute Gasteiger partial charge is 0.111 e. The number of hydrogen-bond donors (Lipinski definition) is 3. The first-order chi connectivity index (χ1) is 7.31. The van der Waals surface area contributed by atoms with Crippen molar-refractivity contribution in [2.45, 2.75) is 6.10 Å². The fraction of sp³-hybridized carbons (Fsp3) is 0.300. The summed E-state index contributed by atoms with van der Waals surface area (Å²) in [5, 5.41) is 12.4. The molecule has 1 unspecified atom stereocenters. The van der Waals surface area contributed by atoms with Gasteiger partial charge >= 0.3 is 0 Å². The van der Waals surface area contributed by atoms with Crippen LogP contribution in [0.4, 0.5) is 5.69 Å². The standard InChI is InChI=1S/C10H12ClN3O/c11-4-7(15)5-12-8-2-1-3-9-10(8)14-6-13-9/h1-3,6-7,12,15H,4-5H2,(H,13,14). The van der Waals surface area contributed by atoms with Crippen molar-refractivity contribution in [3.8, 4) is 0 Å². The Bertz CT molecular complexity index is 443. The van der Waals surface area contributed by atoms with Crippen LogP contribution in [-0.4, -0.2) is 33.6 Å². The van der Waals surface area contributed by atoms with Gasteiger partial charge in [-0.1, -0.05) is 6.07 Å². The second-order valence-electron chi connectivity index (χ2n) is 3.29. The summed E-state index contributed by atoms with van der Waals surface area (Å²) >= 11 is 5.50. The fourth-order valence-electron chi connectivity index (χ4n) is 1.39. The Kier molecular flexibility index (Phi) is 3.08. The number of alkyl halides is 1. The van der Waals surface area contributed by atoms with E-state index in [-0.39, 0.29) is 5.88 Å². The van der Waals surface area contributed by atoms with Gasteiger partial charge in [0, 0.05) is 6.54 Å². The van der Waals surface area contributed by atoms with Crippen molar-refractivity contribution in [1.29, 1.82) is 0 Å². The summed E-state index contributed by atoms with van der Waals surface area (Å²) in [6.45, 7) is 0.426. The Hall–Kier alpha value is -1.26. The number of para-hydroxylation sites is 1. The summed E-state index contributed by atoms with van der Waals surface area (Å²) in [5.74, 6) is 0.226. The monoisotopic (exact) mass is 225 g/mol. The Morgan fingerprint density at radius 1 is 1.53 bits per heavy atom. The first-order valence-electron chi connectivity index (χ1n) is 4.71. The lowest BCUT2D eigenvalue weighted by molar-refractivity contribution is 0.211. The number of fused-ring (bicyclic) bond motifs is 1. The largest absolute Gasteiger partial charge is 0.390 e. The van der Waals surface area contributed by atoms with Crippen LogP contribution < -0.4 is 5.32 Å². The average molecular weight is 226 g/mol. The van der Waals surface area contributed by atoms with Crippen LogP contribution in [-0.2, 0) is 0 Å². The van der Waals surface area contributed by atoms with Crippen molar-refractivity contribution < 1.29 is 5.11 Å². The SMILES string of the molecule is OC(CCl)CNc1cccc2[nH]cnc12. The van der Waals surface area contributed by atoms with E-state index in [1.807, 2.05) is 18.2 Å². The Morgan fingerprint density at radius 3 is 3.20 bits per heavy atom. The highest BCUT2D eigenvalue weighted by atomic mass is 35.5. The van der Waals surface area contributed by atoms with Crippen molar-refractivity contribution in [2.75, 3.05) is 17.7 Å². The normalized spacial score (nSPS) is 12.9. The number of aliphatic hydroxyl groups excluding tert-OH is 1. The second kappa shape index (κ2) is 4.51. The molecular formula is C10H12ClN3O. The number of nitrogens with one attached hydrogen (secondary N) is 2. The molecule has 1 aromatic heterocycles. The average Bonchev–Trinajstić information content (AvgIpc) is 2.74. The number of hydrogen-bond acceptors (Lipinski definition) is 3. The highest BCUT2D eigenvalue weighted by molar-refractivity contribution is 6.18. The third kappa shape index (κ3) is 2.22.